The zero-order valence-corrected chi connectivity index (χ0v) is 18.3. The average molecular weight is 453 g/mol. The number of hydrogen-bond acceptors (Lipinski definition) is 4. The van der Waals surface area contributed by atoms with E-state index >= 15 is 0 Å². The van der Waals surface area contributed by atoms with Gasteiger partial charge in [-0.1, -0.05) is 35.3 Å². The number of nitrogens with zero attached hydrogens (tertiary/aromatic N) is 2. The molecule has 0 unspecified atom stereocenters. The smallest absolute Gasteiger partial charge is 0.257 e. The summed E-state index contributed by atoms with van der Waals surface area (Å²) in [4.78, 5) is 29.3. The van der Waals surface area contributed by atoms with E-state index in [4.69, 9.17) is 23.2 Å². The van der Waals surface area contributed by atoms with Gasteiger partial charge in [0, 0.05) is 17.4 Å². The predicted octanol–water partition coefficient (Wildman–Crippen LogP) is 5.69. The Kier molecular flexibility index (Phi) is 6.59. The van der Waals surface area contributed by atoms with Crippen molar-refractivity contribution >= 4 is 46.4 Å². The molecule has 0 aliphatic heterocycles. The van der Waals surface area contributed by atoms with Crippen molar-refractivity contribution in [2.45, 2.75) is 19.3 Å². The summed E-state index contributed by atoms with van der Waals surface area (Å²) in [5.74, 6) is -0.841. The van der Waals surface area contributed by atoms with Crippen LogP contribution in [0.1, 0.15) is 40.1 Å². The molecular formula is C23H18Cl2N4O2. The molecule has 0 saturated carbocycles. The highest BCUT2D eigenvalue weighted by molar-refractivity contribution is 6.34. The van der Waals surface area contributed by atoms with Gasteiger partial charge in [-0.15, -0.1) is 0 Å². The molecule has 156 valence electrons. The van der Waals surface area contributed by atoms with Crippen LogP contribution in [0, 0.1) is 11.3 Å². The van der Waals surface area contributed by atoms with Gasteiger partial charge < -0.3 is 10.6 Å². The first-order chi connectivity index (χ1) is 14.7. The van der Waals surface area contributed by atoms with Gasteiger partial charge in [-0.3, -0.25) is 14.6 Å². The minimum atomic E-state index is -0.725. The van der Waals surface area contributed by atoms with Crippen LogP contribution >= 0.6 is 23.2 Å². The molecule has 2 aromatic carbocycles. The molecule has 3 aromatic rings. The van der Waals surface area contributed by atoms with Crippen molar-refractivity contribution in [3.8, 4) is 6.07 Å². The third kappa shape index (κ3) is 5.40. The maximum absolute atomic E-state index is 12.7. The molecule has 0 aliphatic rings. The van der Waals surface area contributed by atoms with Crippen LogP contribution in [0.3, 0.4) is 0 Å². The molecule has 8 heteroatoms. The Morgan fingerprint density at radius 1 is 0.968 bits per heavy atom. The summed E-state index contributed by atoms with van der Waals surface area (Å²) in [6, 6.07) is 15.2. The molecular weight excluding hydrogens is 435 g/mol. The van der Waals surface area contributed by atoms with Crippen molar-refractivity contribution in [2.24, 2.45) is 0 Å². The number of nitriles is 1. The minimum absolute atomic E-state index is 0.179. The van der Waals surface area contributed by atoms with E-state index in [0.717, 1.165) is 5.56 Å². The number of pyridine rings is 1. The molecule has 6 nitrogen and oxygen atoms in total. The Morgan fingerprint density at radius 2 is 1.71 bits per heavy atom. The molecule has 0 saturated heterocycles. The Bertz CT molecular complexity index is 1200. The Labute approximate surface area is 189 Å². The van der Waals surface area contributed by atoms with Gasteiger partial charge in [0.15, 0.2) is 0 Å². The molecule has 0 fully saturated rings. The van der Waals surface area contributed by atoms with Crippen LogP contribution in [0.5, 0.6) is 0 Å². The molecule has 31 heavy (non-hydrogen) atoms. The second kappa shape index (κ2) is 9.17. The molecule has 1 heterocycles. The minimum Gasteiger partial charge on any atom is -0.322 e. The van der Waals surface area contributed by atoms with Gasteiger partial charge in [-0.05, 0) is 55.8 Å². The van der Waals surface area contributed by atoms with Crippen molar-refractivity contribution in [3.63, 3.8) is 0 Å². The van der Waals surface area contributed by atoms with Gasteiger partial charge in [-0.2, -0.15) is 5.26 Å². The van der Waals surface area contributed by atoms with E-state index in [2.05, 4.69) is 21.7 Å². The zero-order valence-electron chi connectivity index (χ0n) is 16.7. The largest absolute Gasteiger partial charge is 0.322 e. The molecule has 1 aromatic heterocycles. The number of amides is 2. The van der Waals surface area contributed by atoms with Gasteiger partial charge >= 0.3 is 0 Å². The summed E-state index contributed by atoms with van der Waals surface area (Å²) in [6.45, 7) is 3.56. The number of halogens is 2. The number of nitrogens with one attached hydrogen (secondary N) is 2. The summed E-state index contributed by atoms with van der Waals surface area (Å²) in [5, 5.41) is 15.4. The Morgan fingerprint density at radius 3 is 2.42 bits per heavy atom. The fourth-order valence-corrected chi connectivity index (χ4v) is 3.15. The van der Waals surface area contributed by atoms with Crippen LogP contribution in [0.2, 0.25) is 10.0 Å². The van der Waals surface area contributed by atoms with E-state index in [9.17, 15) is 14.9 Å². The van der Waals surface area contributed by atoms with Gasteiger partial charge in [0.05, 0.1) is 39.0 Å². The number of rotatable bonds is 5. The standard InChI is InChI=1S/C23H18Cl2N4O2/c1-23(2,13-26)15-5-3-4-14(8-15)21(30)28-17-6-7-20(25)19(10-17)22(31)29-18-9-16(24)11-27-12-18/h3-12H,1-2H3,(H,28,30)(H,29,31). The van der Waals surface area contributed by atoms with Crippen molar-refractivity contribution in [3.05, 3.63) is 87.7 Å². The summed E-state index contributed by atoms with van der Waals surface area (Å²) in [5.41, 5.74) is 1.39. The molecule has 3 rings (SSSR count). The molecule has 0 aliphatic carbocycles. The molecule has 0 radical (unpaired) electrons. The van der Waals surface area contributed by atoms with Crippen molar-refractivity contribution in [2.75, 3.05) is 10.6 Å². The molecule has 0 spiro atoms. The number of benzene rings is 2. The SMILES string of the molecule is CC(C)(C#N)c1cccc(C(=O)Nc2ccc(Cl)c(C(=O)Nc3cncc(Cl)c3)c2)c1. The van der Waals surface area contributed by atoms with Crippen molar-refractivity contribution < 1.29 is 9.59 Å². The fraction of sp³-hybridized carbons (Fsp3) is 0.130. The molecule has 2 N–H and O–H groups in total. The van der Waals surface area contributed by atoms with Crippen molar-refractivity contribution in [1.82, 2.24) is 4.98 Å². The highest BCUT2D eigenvalue weighted by Crippen LogP contribution is 2.25. The average Bonchev–Trinajstić information content (AvgIpc) is 2.75. The first-order valence-electron chi connectivity index (χ1n) is 9.24. The predicted molar refractivity (Wildman–Crippen MR) is 122 cm³/mol. The fourth-order valence-electron chi connectivity index (χ4n) is 2.77. The first kappa shape index (κ1) is 22.3. The lowest BCUT2D eigenvalue weighted by Crippen LogP contribution is -2.17. The van der Waals surface area contributed by atoms with E-state index in [1.807, 2.05) is 0 Å². The maximum Gasteiger partial charge on any atom is 0.257 e. The lowest BCUT2D eigenvalue weighted by molar-refractivity contribution is 0.101. The summed E-state index contributed by atoms with van der Waals surface area (Å²) < 4.78 is 0. The highest BCUT2D eigenvalue weighted by Gasteiger charge is 2.21. The topological polar surface area (TPSA) is 94.9 Å². The first-order valence-corrected chi connectivity index (χ1v) is 10.00. The summed E-state index contributed by atoms with van der Waals surface area (Å²) in [7, 11) is 0. The van der Waals surface area contributed by atoms with Crippen LogP contribution in [-0.2, 0) is 5.41 Å². The summed E-state index contributed by atoms with van der Waals surface area (Å²) in [6.07, 6.45) is 2.91. The Balaban J connectivity index is 1.80. The summed E-state index contributed by atoms with van der Waals surface area (Å²) >= 11 is 12.1. The van der Waals surface area contributed by atoms with E-state index in [1.165, 1.54) is 24.5 Å². The van der Waals surface area contributed by atoms with E-state index in [1.54, 1.807) is 50.2 Å². The van der Waals surface area contributed by atoms with Gasteiger partial charge in [-0.25, -0.2) is 0 Å². The van der Waals surface area contributed by atoms with Crippen LogP contribution < -0.4 is 10.6 Å². The lowest BCUT2D eigenvalue weighted by Gasteiger charge is -2.16. The van der Waals surface area contributed by atoms with Crippen LogP contribution in [0.25, 0.3) is 0 Å². The number of aromatic nitrogens is 1. The van der Waals surface area contributed by atoms with E-state index in [0.29, 0.717) is 22.0 Å². The highest BCUT2D eigenvalue weighted by atomic mass is 35.5. The van der Waals surface area contributed by atoms with Crippen LogP contribution in [0.15, 0.2) is 60.9 Å². The van der Waals surface area contributed by atoms with Gasteiger partial charge in [0.2, 0.25) is 0 Å². The molecule has 0 bridgehead atoms. The number of carbonyl (C=O) groups excluding carboxylic acids is 2. The third-order valence-electron chi connectivity index (χ3n) is 4.56. The second-order valence-electron chi connectivity index (χ2n) is 7.31. The van der Waals surface area contributed by atoms with E-state index in [-0.39, 0.29) is 16.5 Å². The Hall–Kier alpha value is -3.40. The number of carbonyl (C=O) groups is 2. The van der Waals surface area contributed by atoms with E-state index < -0.39 is 11.3 Å². The van der Waals surface area contributed by atoms with Crippen molar-refractivity contribution in [1.29, 1.82) is 5.26 Å². The van der Waals surface area contributed by atoms with Crippen LogP contribution in [0.4, 0.5) is 11.4 Å². The monoisotopic (exact) mass is 452 g/mol. The van der Waals surface area contributed by atoms with Gasteiger partial charge in [0.1, 0.15) is 0 Å². The zero-order chi connectivity index (χ0) is 22.6. The maximum atomic E-state index is 12.7. The quantitative estimate of drug-likeness (QED) is 0.519. The lowest BCUT2D eigenvalue weighted by atomic mass is 9.85. The molecule has 2 amide bonds. The molecule has 0 atom stereocenters. The van der Waals surface area contributed by atoms with Gasteiger partial charge in [0.25, 0.3) is 11.8 Å². The number of anilines is 2. The second-order valence-corrected chi connectivity index (χ2v) is 8.16. The van der Waals surface area contributed by atoms with Crippen LogP contribution in [-0.4, -0.2) is 16.8 Å². The normalized spacial score (nSPS) is 10.8. The third-order valence-corrected chi connectivity index (χ3v) is 5.09. The number of hydrogen-bond donors (Lipinski definition) is 2.